The summed E-state index contributed by atoms with van der Waals surface area (Å²) in [6.07, 6.45) is 0. The molecular weight excluding hydrogens is 363 g/mol. The first kappa shape index (κ1) is 15.6. The van der Waals surface area contributed by atoms with Gasteiger partial charge < -0.3 is 15.0 Å². The molecule has 2 N–H and O–H groups in total. The van der Waals surface area contributed by atoms with Crippen LogP contribution in [0.25, 0.3) is 10.9 Å². The minimum Gasteiger partial charge on any atom is -0.496 e. The number of H-pyrrole nitrogens is 1. The fraction of sp³-hybridized carbons (Fsp3) is 0.118. The predicted octanol–water partition coefficient (Wildman–Crippen LogP) is 4.01. The zero-order valence-corrected chi connectivity index (χ0v) is 13.9. The monoisotopic (exact) mass is 376 g/mol. The topological polar surface area (TPSA) is 54.1 Å². The summed E-state index contributed by atoms with van der Waals surface area (Å²) in [5, 5.41) is 3.20. The zero-order chi connectivity index (χ0) is 16.4. The number of hydrogen-bond donors (Lipinski definition) is 2. The van der Waals surface area contributed by atoms with Crippen LogP contribution < -0.4 is 10.1 Å². The highest BCUT2D eigenvalue weighted by molar-refractivity contribution is 9.10. The Morgan fingerprint density at radius 1 is 1.30 bits per heavy atom. The first-order valence-electron chi connectivity index (χ1n) is 6.96. The number of nitrogens with one attached hydrogen (secondary N) is 2. The van der Waals surface area contributed by atoms with Crippen LogP contribution in [0.5, 0.6) is 5.75 Å². The molecule has 6 heteroatoms. The van der Waals surface area contributed by atoms with Gasteiger partial charge in [-0.25, -0.2) is 4.39 Å². The summed E-state index contributed by atoms with van der Waals surface area (Å²) in [7, 11) is 1.58. The molecule has 23 heavy (non-hydrogen) atoms. The van der Waals surface area contributed by atoms with Gasteiger partial charge in [0.15, 0.2) is 0 Å². The highest BCUT2D eigenvalue weighted by Gasteiger charge is 2.12. The van der Waals surface area contributed by atoms with Gasteiger partial charge in [-0.3, -0.25) is 4.79 Å². The van der Waals surface area contributed by atoms with Gasteiger partial charge in [-0.1, -0.05) is 22.0 Å². The van der Waals surface area contributed by atoms with Crippen molar-refractivity contribution in [2.75, 3.05) is 7.11 Å². The van der Waals surface area contributed by atoms with Crippen LogP contribution in [-0.4, -0.2) is 18.0 Å². The van der Waals surface area contributed by atoms with E-state index < -0.39 is 0 Å². The Balaban J connectivity index is 1.79. The van der Waals surface area contributed by atoms with E-state index in [1.54, 1.807) is 19.2 Å². The molecule has 0 atom stereocenters. The highest BCUT2D eigenvalue weighted by atomic mass is 79.9. The SMILES string of the molecule is COc1ccc(Br)cc1CNC(=O)c1cc2c(F)cccc2[nH]1. The second kappa shape index (κ2) is 6.42. The first-order chi connectivity index (χ1) is 11.1. The molecule has 0 aliphatic carbocycles. The average Bonchev–Trinajstić information content (AvgIpc) is 2.98. The predicted molar refractivity (Wildman–Crippen MR) is 90.1 cm³/mol. The summed E-state index contributed by atoms with van der Waals surface area (Å²) in [5.74, 6) is 0.0327. The summed E-state index contributed by atoms with van der Waals surface area (Å²) >= 11 is 3.39. The second-order valence-corrected chi connectivity index (χ2v) is 5.94. The van der Waals surface area contributed by atoms with Gasteiger partial charge in [0.25, 0.3) is 5.91 Å². The van der Waals surface area contributed by atoms with E-state index in [0.717, 1.165) is 10.0 Å². The smallest absolute Gasteiger partial charge is 0.268 e. The first-order valence-corrected chi connectivity index (χ1v) is 7.75. The van der Waals surface area contributed by atoms with Crippen molar-refractivity contribution in [3.8, 4) is 5.75 Å². The number of carbonyl (C=O) groups excluding carboxylic acids is 1. The number of rotatable bonds is 4. The molecule has 1 aromatic heterocycles. The number of methoxy groups -OCH3 is 1. The Labute approximate surface area is 140 Å². The molecule has 0 radical (unpaired) electrons. The summed E-state index contributed by atoms with van der Waals surface area (Å²) in [6.45, 7) is 0.305. The number of amides is 1. The Hall–Kier alpha value is -2.34. The molecule has 3 rings (SSSR count). The minimum atomic E-state index is -0.355. The maximum Gasteiger partial charge on any atom is 0.268 e. The van der Waals surface area contributed by atoms with Crippen molar-refractivity contribution < 1.29 is 13.9 Å². The van der Waals surface area contributed by atoms with Crippen molar-refractivity contribution in [3.05, 3.63) is 64.0 Å². The van der Waals surface area contributed by atoms with E-state index in [9.17, 15) is 9.18 Å². The van der Waals surface area contributed by atoms with Crippen molar-refractivity contribution in [1.82, 2.24) is 10.3 Å². The summed E-state index contributed by atoms with van der Waals surface area (Å²) in [4.78, 5) is 15.2. The third-order valence-electron chi connectivity index (χ3n) is 3.54. The lowest BCUT2D eigenvalue weighted by atomic mass is 10.2. The van der Waals surface area contributed by atoms with E-state index in [1.165, 1.54) is 12.1 Å². The number of aromatic nitrogens is 1. The quantitative estimate of drug-likeness (QED) is 0.722. The molecule has 0 bridgehead atoms. The lowest BCUT2D eigenvalue weighted by Crippen LogP contribution is -2.23. The third-order valence-corrected chi connectivity index (χ3v) is 4.03. The molecule has 0 fully saturated rings. The highest BCUT2D eigenvalue weighted by Crippen LogP contribution is 2.23. The van der Waals surface area contributed by atoms with Crippen molar-refractivity contribution in [1.29, 1.82) is 0 Å². The van der Waals surface area contributed by atoms with Crippen LogP contribution in [0.3, 0.4) is 0 Å². The molecule has 0 spiro atoms. The number of hydrogen-bond acceptors (Lipinski definition) is 2. The van der Waals surface area contributed by atoms with Gasteiger partial charge in [-0.2, -0.15) is 0 Å². The number of fused-ring (bicyclic) bond motifs is 1. The maximum atomic E-state index is 13.7. The minimum absolute atomic E-state index is 0.303. The summed E-state index contributed by atoms with van der Waals surface area (Å²) in [6, 6.07) is 11.8. The van der Waals surface area contributed by atoms with Gasteiger partial charge in [-0.05, 0) is 36.4 Å². The van der Waals surface area contributed by atoms with Crippen LogP contribution >= 0.6 is 15.9 Å². The van der Waals surface area contributed by atoms with E-state index in [2.05, 4.69) is 26.2 Å². The summed E-state index contributed by atoms with van der Waals surface area (Å²) < 4.78 is 19.9. The average molecular weight is 377 g/mol. The van der Waals surface area contributed by atoms with Crippen molar-refractivity contribution in [2.24, 2.45) is 0 Å². The number of ether oxygens (including phenoxy) is 1. The van der Waals surface area contributed by atoms with Gasteiger partial charge in [0, 0.05) is 27.5 Å². The fourth-order valence-electron chi connectivity index (χ4n) is 2.40. The molecule has 0 saturated carbocycles. The molecule has 1 amide bonds. The van der Waals surface area contributed by atoms with Crippen LogP contribution in [0.2, 0.25) is 0 Å². The van der Waals surface area contributed by atoms with Gasteiger partial charge in [-0.15, -0.1) is 0 Å². The fourth-order valence-corrected chi connectivity index (χ4v) is 2.81. The molecule has 0 aliphatic heterocycles. The van der Waals surface area contributed by atoms with Gasteiger partial charge in [0.1, 0.15) is 17.3 Å². The van der Waals surface area contributed by atoms with Crippen LogP contribution in [0.15, 0.2) is 46.9 Å². The van der Waals surface area contributed by atoms with Crippen molar-refractivity contribution >= 4 is 32.7 Å². The Bertz CT molecular complexity index is 876. The Kier molecular flexibility index (Phi) is 4.34. The van der Waals surface area contributed by atoms with Crippen molar-refractivity contribution in [3.63, 3.8) is 0 Å². The van der Waals surface area contributed by atoms with Crippen molar-refractivity contribution in [2.45, 2.75) is 6.54 Å². The van der Waals surface area contributed by atoms with E-state index in [1.807, 2.05) is 18.2 Å². The maximum absolute atomic E-state index is 13.7. The van der Waals surface area contributed by atoms with E-state index in [-0.39, 0.29) is 11.7 Å². The van der Waals surface area contributed by atoms with Gasteiger partial charge >= 0.3 is 0 Å². The second-order valence-electron chi connectivity index (χ2n) is 5.02. The van der Waals surface area contributed by atoms with Gasteiger partial charge in [0.05, 0.1) is 7.11 Å². The molecule has 4 nitrogen and oxygen atoms in total. The molecule has 0 aliphatic rings. The van der Waals surface area contributed by atoms with Crippen LogP contribution in [0, 0.1) is 5.82 Å². The van der Waals surface area contributed by atoms with Crippen LogP contribution in [0.4, 0.5) is 4.39 Å². The Morgan fingerprint density at radius 2 is 2.13 bits per heavy atom. The standard InChI is InChI=1S/C17H14BrFN2O2/c1-23-16-6-5-11(18)7-10(16)9-20-17(22)15-8-12-13(19)3-2-4-14(12)21-15/h2-8,21H,9H2,1H3,(H,20,22). The molecule has 2 aromatic carbocycles. The lowest BCUT2D eigenvalue weighted by molar-refractivity contribution is 0.0946. The van der Waals surface area contributed by atoms with E-state index >= 15 is 0 Å². The number of benzene rings is 2. The third kappa shape index (κ3) is 3.22. The molecule has 118 valence electrons. The molecular formula is C17H14BrFN2O2. The normalized spacial score (nSPS) is 10.7. The largest absolute Gasteiger partial charge is 0.496 e. The molecule has 0 unspecified atom stereocenters. The lowest BCUT2D eigenvalue weighted by Gasteiger charge is -2.09. The zero-order valence-electron chi connectivity index (χ0n) is 12.3. The van der Waals surface area contributed by atoms with Crippen LogP contribution in [0.1, 0.15) is 16.1 Å². The number of carbonyl (C=O) groups is 1. The number of halogens is 2. The molecule has 1 heterocycles. The molecule has 0 saturated heterocycles. The van der Waals surface area contributed by atoms with E-state index in [4.69, 9.17) is 4.74 Å². The summed E-state index contributed by atoms with van der Waals surface area (Å²) in [5.41, 5.74) is 1.76. The van der Waals surface area contributed by atoms with E-state index in [0.29, 0.717) is 28.9 Å². The van der Waals surface area contributed by atoms with Gasteiger partial charge in [0.2, 0.25) is 0 Å². The Morgan fingerprint density at radius 3 is 2.87 bits per heavy atom. The van der Waals surface area contributed by atoms with Crippen LogP contribution in [-0.2, 0) is 6.54 Å². The molecule has 3 aromatic rings. The number of aromatic amines is 1.